The molecule has 1 heterocycles. The maximum Gasteiger partial charge on any atom is 0.267 e. The van der Waals surface area contributed by atoms with Crippen molar-refractivity contribution >= 4 is 17.7 Å². The molecule has 0 bridgehead atoms. The van der Waals surface area contributed by atoms with Crippen molar-refractivity contribution in [1.82, 2.24) is 10.3 Å². The van der Waals surface area contributed by atoms with Gasteiger partial charge in [-0.15, -0.1) is 0 Å². The first-order valence-corrected chi connectivity index (χ1v) is 5.95. The molecular weight excluding hydrogens is 210 g/mol. The normalized spacial score (nSPS) is 11.8. The van der Waals surface area contributed by atoms with Crippen molar-refractivity contribution in [2.75, 3.05) is 12.0 Å². The van der Waals surface area contributed by atoms with Gasteiger partial charge in [0, 0.05) is 11.8 Å². The summed E-state index contributed by atoms with van der Waals surface area (Å²) in [7, 11) is 0. The van der Waals surface area contributed by atoms with E-state index in [0.717, 1.165) is 5.75 Å². The molecule has 0 aliphatic rings. The molecule has 4 nitrogen and oxygen atoms in total. The first-order chi connectivity index (χ1) is 7.17. The fourth-order valence-electron chi connectivity index (χ4n) is 1.19. The van der Waals surface area contributed by atoms with Gasteiger partial charge in [-0.05, 0) is 25.3 Å². The van der Waals surface area contributed by atoms with E-state index in [1.165, 1.54) is 0 Å². The summed E-state index contributed by atoms with van der Waals surface area (Å²) in [6.07, 6.45) is 1.99. The van der Waals surface area contributed by atoms with Crippen molar-refractivity contribution < 1.29 is 4.79 Å². The molecule has 1 atom stereocenters. The monoisotopic (exact) mass is 223 g/mol. The van der Waals surface area contributed by atoms with Gasteiger partial charge in [0.25, 0.3) is 5.91 Å². The summed E-state index contributed by atoms with van der Waals surface area (Å²) in [6, 6.07) is 5.27. The van der Waals surface area contributed by atoms with Crippen LogP contribution >= 0.6 is 11.8 Å². The summed E-state index contributed by atoms with van der Waals surface area (Å²) in [4.78, 5) is 14.3. The minimum absolute atomic E-state index is 0.126. The third kappa shape index (κ3) is 3.33. The van der Waals surface area contributed by atoms with Crippen molar-refractivity contribution in [2.24, 2.45) is 0 Å². The van der Waals surface area contributed by atoms with Crippen molar-refractivity contribution in [2.45, 2.75) is 13.0 Å². The van der Waals surface area contributed by atoms with Gasteiger partial charge in [-0.3, -0.25) is 4.79 Å². The predicted molar refractivity (Wildman–Crippen MR) is 60.8 cm³/mol. The van der Waals surface area contributed by atoms with Gasteiger partial charge in [0.05, 0.1) is 0 Å². The molecule has 1 unspecified atom stereocenters. The number of rotatable bonds is 4. The number of aromatic nitrogens is 1. The molecule has 5 heteroatoms. The van der Waals surface area contributed by atoms with Crippen molar-refractivity contribution in [3.05, 3.63) is 23.5 Å². The van der Waals surface area contributed by atoms with Crippen LogP contribution in [0, 0.1) is 11.3 Å². The number of aromatic amines is 1. The highest BCUT2D eigenvalue weighted by atomic mass is 32.2. The second-order valence-corrected chi connectivity index (χ2v) is 4.14. The number of H-pyrrole nitrogens is 1. The molecule has 0 radical (unpaired) electrons. The van der Waals surface area contributed by atoms with E-state index in [4.69, 9.17) is 5.26 Å². The molecular formula is C10H13N3OS. The van der Waals surface area contributed by atoms with Gasteiger partial charge < -0.3 is 10.3 Å². The second kappa shape index (κ2) is 5.47. The SMILES string of the molecule is CSCC(C)NC(=O)c1ccc(C#N)[nH]1. The van der Waals surface area contributed by atoms with Gasteiger partial charge in [-0.2, -0.15) is 17.0 Å². The van der Waals surface area contributed by atoms with E-state index in [2.05, 4.69) is 10.3 Å². The van der Waals surface area contributed by atoms with E-state index in [9.17, 15) is 4.79 Å². The van der Waals surface area contributed by atoms with Crippen molar-refractivity contribution in [3.8, 4) is 6.07 Å². The number of nitrogens with zero attached hydrogens (tertiary/aromatic N) is 1. The van der Waals surface area contributed by atoms with Crippen LogP contribution in [-0.4, -0.2) is 28.9 Å². The number of nitriles is 1. The van der Waals surface area contributed by atoms with Crippen LogP contribution in [0.3, 0.4) is 0 Å². The molecule has 0 saturated heterocycles. The quantitative estimate of drug-likeness (QED) is 0.810. The maximum absolute atomic E-state index is 11.6. The van der Waals surface area contributed by atoms with E-state index in [-0.39, 0.29) is 11.9 Å². The highest BCUT2D eigenvalue weighted by Crippen LogP contribution is 2.02. The molecule has 1 rings (SSSR count). The summed E-state index contributed by atoms with van der Waals surface area (Å²) in [6.45, 7) is 1.95. The summed E-state index contributed by atoms with van der Waals surface area (Å²) >= 11 is 1.68. The van der Waals surface area contributed by atoms with Gasteiger partial charge in [0.2, 0.25) is 0 Å². The minimum atomic E-state index is -0.168. The molecule has 0 saturated carbocycles. The number of thioether (sulfide) groups is 1. The predicted octanol–water partition coefficient (Wildman–Crippen LogP) is 1.37. The van der Waals surface area contributed by atoms with Crippen LogP contribution in [0.15, 0.2) is 12.1 Å². The van der Waals surface area contributed by atoms with Crippen LogP contribution < -0.4 is 5.32 Å². The molecule has 0 aromatic carbocycles. The lowest BCUT2D eigenvalue weighted by Crippen LogP contribution is -2.34. The summed E-state index contributed by atoms with van der Waals surface area (Å²) < 4.78 is 0. The molecule has 80 valence electrons. The van der Waals surface area contributed by atoms with Gasteiger partial charge in [-0.1, -0.05) is 0 Å². The molecule has 0 aliphatic carbocycles. The second-order valence-electron chi connectivity index (χ2n) is 3.23. The van der Waals surface area contributed by atoms with Crippen molar-refractivity contribution in [1.29, 1.82) is 5.26 Å². The summed E-state index contributed by atoms with van der Waals surface area (Å²) in [5.74, 6) is 0.704. The highest BCUT2D eigenvalue weighted by molar-refractivity contribution is 7.98. The zero-order chi connectivity index (χ0) is 11.3. The number of hydrogen-bond donors (Lipinski definition) is 2. The topological polar surface area (TPSA) is 68.7 Å². The third-order valence-electron chi connectivity index (χ3n) is 1.85. The van der Waals surface area contributed by atoms with E-state index in [1.807, 2.05) is 19.2 Å². The van der Waals surface area contributed by atoms with E-state index < -0.39 is 0 Å². The average Bonchev–Trinajstić information content (AvgIpc) is 2.66. The Hall–Kier alpha value is -1.41. The Labute approximate surface area is 93.1 Å². The summed E-state index contributed by atoms with van der Waals surface area (Å²) in [5, 5.41) is 11.4. The Bertz CT molecular complexity index is 380. The maximum atomic E-state index is 11.6. The lowest BCUT2D eigenvalue weighted by Gasteiger charge is -2.11. The Kier molecular flexibility index (Phi) is 4.25. The fourth-order valence-corrected chi connectivity index (χ4v) is 1.77. The van der Waals surface area contributed by atoms with Gasteiger partial charge in [0.1, 0.15) is 17.5 Å². The van der Waals surface area contributed by atoms with Gasteiger partial charge in [-0.25, -0.2) is 0 Å². The van der Waals surface area contributed by atoms with E-state index in [0.29, 0.717) is 11.4 Å². The molecule has 0 aliphatic heterocycles. The molecule has 1 aromatic heterocycles. The Morgan fingerprint density at radius 2 is 2.47 bits per heavy atom. The molecule has 1 amide bonds. The molecule has 1 aromatic rings. The zero-order valence-electron chi connectivity index (χ0n) is 8.70. The molecule has 2 N–H and O–H groups in total. The van der Waals surface area contributed by atoms with Crippen LogP contribution in [0.1, 0.15) is 23.1 Å². The standard InChI is InChI=1S/C10H13N3OS/c1-7(6-15-2)12-10(14)9-4-3-8(5-11)13-9/h3-4,7,13H,6H2,1-2H3,(H,12,14). The van der Waals surface area contributed by atoms with E-state index >= 15 is 0 Å². The average molecular weight is 223 g/mol. The lowest BCUT2D eigenvalue weighted by atomic mass is 10.3. The number of amides is 1. The molecule has 0 fully saturated rings. The van der Waals surface area contributed by atoms with Crippen LogP contribution in [0.5, 0.6) is 0 Å². The summed E-state index contributed by atoms with van der Waals surface area (Å²) in [5.41, 5.74) is 0.831. The van der Waals surface area contributed by atoms with Gasteiger partial charge in [0.15, 0.2) is 0 Å². The van der Waals surface area contributed by atoms with E-state index in [1.54, 1.807) is 23.9 Å². The van der Waals surface area contributed by atoms with Crippen LogP contribution in [-0.2, 0) is 0 Å². The minimum Gasteiger partial charge on any atom is -0.347 e. The smallest absolute Gasteiger partial charge is 0.267 e. The Morgan fingerprint density at radius 3 is 3.00 bits per heavy atom. The van der Waals surface area contributed by atoms with Crippen molar-refractivity contribution in [3.63, 3.8) is 0 Å². The van der Waals surface area contributed by atoms with Crippen LogP contribution in [0.2, 0.25) is 0 Å². The molecule has 15 heavy (non-hydrogen) atoms. The third-order valence-corrected chi connectivity index (χ3v) is 2.68. The van der Waals surface area contributed by atoms with Crippen LogP contribution in [0.4, 0.5) is 0 Å². The zero-order valence-corrected chi connectivity index (χ0v) is 9.52. The first kappa shape index (κ1) is 11.7. The largest absolute Gasteiger partial charge is 0.347 e. The molecule has 0 spiro atoms. The fraction of sp³-hybridized carbons (Fsp3) is 0.400. The number of carbonyl (C=O) groups excluding carboxylic acids is 1. The first-order valence-electron chi connectivity index (χ1n) is 4.56. The van der Waals surface area contributed by atoms with Crippen LogP contribution in [0.25, 0.3) is 0 Å². The highest BCUT2D eigenvalue weighted by Gasteiger charge is 2.10. The Balaban J connectivity index is 2.58. The van der Waals surface area contributed by atoms with Gasteiger partial charge >= 0.3 is 0 Å². The number of nitrogens with one attached hydrogen (secondary N) is 2. The number of hydrogen-bond acceptors (Lipinski definition) is 3. The lowest BCUT2D eigenvalue weighted by molar-refractivity contribution is 0.0939. The number of carbonyl (C=O) groups is 1. The Morgan fingerprint density at radius 1 is 1.73 bits per heavy atom.